The smallest absolute Gasteiger partial charge is 0.482 e. The second-order valence-electron chi connectivity index (χ2n) is 3.14. The zero-order valence-corrected chi connectivity index (χ0v) is 8.82. The molecule has 1 aromatic rings. The first-order valence-electron chi connectivity index (χ1n) is 4.62. The Kier molecular flexibility index (Phi) is 4.13. The zero-order valence-electron chi connectivity index (χ0n) is 8.82. The summed E-state index contributed by atoms with van der Waals surface area (Å²) in [6.45, 7) is 0.122. The van der Waals surface area contributed by atoms with Gasteiger partial charge in [0.15, 0.2) is 6.61 Å². The van der Waals surface area contributed by atoms with Crippen molar-refractivity contribution in [2.75, 3.05) is 11.9 Å². The van der Waals surface area contributed by atoms with Crippen molar-refractivity contribution in [3.8, 4) is 5.75 Å². The number of hydrogen-bond acceptors (Lipinski definition) is 3. The van der Waals surface area contributed by atoms with E-state index in [9.17, 15) is 18.0 Å². The normalized spacial score (nSPS) is 13.4. The molecule has 1 amide bonds. The number of carboxylic acids is 1. The Morgan fingerprint density at radius 2 is 1.89 bits per heavy atom. The number of para-hydroxylation sites is 2. The lowest BCUT2D eigenvalue weighted by molar-refractivity contribution is -0.192. The standard InChI is InChI=1S/C8H7NO2.C2HF3O2/c10-8-5-11-7-4-2-1-3-6(7)9-8;3-2(4,5)1(6)7/h1-4H,5H2,(H,9,10);(H,6,7). The molecule has 0 radical (unpaired) electrons. The molecular weight excluding hydrogens is 255 g/mol. The molecule has 1 aromatic carbocycles. The molecule has 98 valence electrons. The van der Waals surface area contributed by atoms with Gasteiger partial charge in [0.1, 0.15) is 5.75 Å². The minimum atomic E-state index is -5.08. The largest absolute Gasteiger partial charge is 0.490 e. The number of amides is 1. The van der Waals surface area contributed by atoms with E-state index < -0.39 is 12.1 Å². The highest BCUT2D eigenvalue weighted by atomic mass is 19.4. The van der Waals surface area contributed by atoms with Crippen LogP contribution in [0.15, 0.2) is 24.3 Å². The number of rotatable bonds is 0. The van der Waals surface area contributed by atoms with Gasteiger partial charge in [0.05, 0.1) is 5.69 Å². The van der Waals surface area contributed by atoms with Gasteiger partial charge < -0.3 is 15.2 Å². The molecule has 18 heavy (non-hydrogen) atoms. The summed E-state index contributed by atoms with van der Waals surface area (Å²) in [4.78, 5) is 19.7. The topological polar surface area (TPSA) is 75.6 Å². The SMILES string of the molecule is O=C(O)C(F)(F)F.O=C1COc2ccccc2N1. The van der Waals surface area contributed by atoms with E-state index in [4.69, 9.17) is 14.6 Å². The summed E-state index contributed by atoms with van der Waals surface area (Å²) >= 11 is 0. The number of alkyl halides is 3. The average Bonchev–Trinajstić information content (AvgIpc) is 2.28. The number of fused-ring (bicyclic) bond motifs is 1. The van der Waals surface area contributed by atoms with E-state index >= 15 is 0 Å². The van der Waals surface area contributed by atoms with E-state index in [0.29, 0.717) is 0 Å². The maximum Gasteiger partial charge on any atom is 0.490 e. The first-order chi connectivity index (χ1) is 8.30. The summed E-state index contributed by atoms with van der Waals surface area (Å²) < 4.78 is 36.9. The zero-order chi connectivity index (χ0) is 13.8. The van der Waals surface area contributed by atoms with Crippen molar-refractivity contribution in [3.63, 3.8) is 0 Å². The van der Waals surface area contributed by atoms with Crippen LogP contribution in [0, 0.1) is 0 Å². The first kappa shape index (κ1) is 13.8. The summed E-state index contributed by atoms with van der Waals surface area (Å²) in [5.74, 6) is -2.11. The van der Waals surface area contributed by atoms with Gasteiger partial charge in [-0.3, -0.25) is 4.79 Å². The molecule has 0 saturated heterocycles. The van der Waals surface area contributed by atoms with E-state index in [-0.39, 0.29) is 12.5 Å². The molecule has 1 aliphatic rings. The summed E-state index contributed by atoms with van der Waals surface area (Å²) in [5.41, 5.74) is 0.753. The summed E-state index contributed by atoms with van der Waals surface area (Å²) in [7, 11) is 0. The molecule has 8 heteroatoms. The van der Waals surface area contributed by atoms with Crippen molar-refractivity contribution in [2.24, 2.45) is 0 Å². The number of anilines is 1. The summed E-state index contributed by atoms with van der Waals surface area (Å²) in [6.07, 6.45) is -5.08. The molecule has 0 spiro atoms. The third kappa shape index (κ3) is 3.96. The molecule has 0 aliphatic carbocycles. The Morgan fingerprint density at radius 1 is 1.33 bits per heavy atom. The Balaban J connectivity index is 0.000000203. The molecule has 2 rings (SSSR count). The van der Waals surface area contributed by atoms with Gasteiger partial charge in [-0.15, -0.1) is 0 Å². The van der Waals surface area contributed by atoms with Crippen LogP contribution in [0.4, 0.5) is 18.9 Å². The Bertz CT molecular complexity index is 459. The van der Waals surface area contributed by atoms with Gasteiger partial charge in [0.25, 0.3) is 5.91 Å². The third-order valence-corrected chi connectivity index (χ3v) is 1.76. The number of nitrogens with one attached hydrogen (secondary N) is 1. The van der Waals surface area contributed by atoms with Gasteiger partial charge in [-0.25, -0.2) is 4.79 Å². The monoisotopic (exact) mass is 263 g/mol. The van der Waals surface area contributed by atoms with Gasteiger partial charge in [0.2, 0.25) is 0 Å². The maximum atomic E-state index is 10.8. The van der Waals surface area contributed by atoms with Gasteiger partial charge in [-0.05, 0) is 12.1 Å². The predicted octanol–water partition coefficient (Wildman–Crippen LogP) is 1.65. The number of carbonyl (C=O) groups is 2. The number of benzene rings is 1. The van der Waals surface area contributed by atoms with Crippen molar-refractivity contribution >= 4 is 17.6 Å². The highest BCUT2D eigenvalue weighted by Crippen LogP contribution is 2.25. The van der Waals surface area contributed by atoms with Crippen LogP contribution in [0.25, 0.3) is 0 Å². The number of carbonyl (C=O) groups excluding carboxylic acids is 1. The molecule has 0 atom stereocenters. The van der Waals surface area contributed by atoms with Crippen LogP contribution < -0.4 is 10.1 Å². The van der Waals surface area contributed by atoms with Gasteiger partial charge in [-0.2, -0.15) is 13.2 Å². The van der Waals surface area contributed by atoms with E-state index in [0.717, 1.165) is 11.4 Å². The molecule has 0 unspecified atom stereocenters. The second kappa shape index (κ2) is 5.39. The summed E-state index contributed by atoms with van der Waals surface area (Å²) in [5, 5.41) is 9.82. The van der Waals surface area contributed by atoms with Crippen LogP contribution in [-0.2, 0) is 9.59 Å². The third-order valence-electron chi connectivity index (χ3n) is 1.76. The van der Waals surface area contributed by atoms with E-state index in [1.807, 2.05) is 24.3 Å². The number of carboxylic acid groups (broad SMARTS) is 1. The molecule has 0 fully saturated rings. The molecule has 5 nitrogen and oxygen atoms in total. The van der Waals surface area contributed by atoms with Crippen LogP contribution in [0.3, 0.4) is 0 Å². The maximum absolute atomic E-state index is 10.8. The molecule has 0 saturated carbocycles. The van der Waals surface area contributed by atoms with Crippen LogP contribution in [0.5, 0.6) is 5.75 Å². The van der Waals surface area contributed by atoms with E-state index in [1.165, 1.54) is 0 Å². The van der Waals surface area contributed by atoms with Crippen LogP contribution in [-0.4, -0.2) is 29.8 Å². The van der Waals surface area contributed by atoms with Crippen LogP contribution in [0.2, 0.25) is 0 Å². The highest BCUT2D eigenvalue weighted by molar-refractivity contribution is 5.95. The molecule has 1 heterocycles. The number of ether oxygens (including phenoxy) is 1. The highest BCUT2D eigenvalue weighted by Gasteiger charge is 2.38. The van der Waals surface area contributed by atoms with Gasteiger partial charge in [0, 0.05) is 0 Å². The lowest BCUT2D eigenvalue weighted by atomic mass is 10.2. The molecule has 2 N–H and O–H groups in total. The average molecular weight is 263 g/mol. The van der Waals surface area contributed by atoms with Crippen molar-refractivity contribution in [2.45, 2.75) is 6.18 Å². The van der Waals surface area contributed by atoms with Crippen LogP contribution >= 0.6 is 0 Å². The lowest BCUT2D eigenvalue weighted by Gasteiger charge is -2.16. The van der Waals surface area contributed by atoms with Crippen LogP contribution in [0.1, 0.15) is 0 Å². The predicted molar refractivity (Wildman–Crippen MR) is 54.3 cm³/mol. The second-order valence-corrected chi connectivity index (χ2v) is 3.14. The van der Waals surface area contributed by atoms with Gasteiger partial charge in [-0.1, -0.05) is 12.1 Å². The van der Waals surface area contributed by atoms with E-state index in [1.54, 1.807) is 0 Å². The van der Waals surface area contributed by atoms with Gasteiger partial charge >= 0.3 is 12.1 Å². The number of aliphatic carboxylic acids is 1. The lowest BCUT2D eigenvalue weighted by Crippen LogP contribution is -2.25. The van der Waals surface area contributed by atoms with Crippen molar-refractivity contribution < 1.29 is 32.6 Å². The van der Waals surface area contributed by atoms with Crippen molar-refractivity contribution in [1.82, 2.24) is 0 Å². The molecule has 1 aliphatic heterocycles. The Hall–Kier alpha value is -2.25. The molecule has 0 bridgehead atoms. The fourth-order valence-corrected chi connectivity index (χ4v) is 1.03. The fourth-order valence-electron chi connectivity index (χ4n) is 1.03. The molecule has 0 aromatic heterocycles. The first-order valence-corrected chi connectivity index (χ1v) is 4.62. The van der Waals surface area contributed by atoms with Crippen molar-refractivity contribution in [1.29, 1.82) is 0 Å². The Morgan fingerprint density at radius 3 is 2.44 bits per heavy atom. The fraction of sp³-hybridized carbons (Fsp3) is 0.200. The minimum Gasteiger partial charge on any atom is -0.482 e. The quantitative estimate of drug-likeness (QED) is 0.746. The van der Waals surface area contributed by atoms with Crippen molar-refractivity contribution in [3.05, 3.63) is 24.3 Å². The number of hydrogen-bond donors (Lipinski definition) is 2. The Labute approximate surface area is 99.2 Å². The number of halogens is 3. The van der Waals surface area contributed by atoms with E-state index in [2.05, 4.69) is 5.32 Å². The summed E-state index contributed by atoms with van der Waals surface area (Å²) in [6, 6.07) is 7.37. The minimum absolute atomic E-state index is 0.0938. The molecular formula is C10H8F3NO4.